The molecule has 0 aliphatic heterocycles. The van der Waals surface area contributed by atoms with Crippen molar-refractivity contribution in [2.24, 2.45) is 4.99 Å². The lowest BCUT2D eigenvalue weighted by molar-refractivity contribution is 0.799. The summed E-state index contributed by atoms with van der Waals surface area (Å²) in [4.78, 5) is 4.61. The smallest absolute Gasteiger partial charge is 0.191 e. The first-order valence-electron chi connectivity index (χ1n) is 7.36. The van der Waals surface area contributed by atoms with Crippen LogP contribution < -0.4 is 10.6 Å². The Bertz CT molecular complexity index is 561. The highest BCUT2D eigenvalue weighted by Gasteiger charge is 1.99. The number of hydrogen-bond donors (Lipinski definition) is 2. The van der Waals surface area contributed by atoms with Crippen molar-refractivity contribution in [3.8, 4) is 0 Å². The molecule has 3 nitrogen and oxygen atoms in total. The Hall–Kier alpha value is -1.81. The molecular weight excluding hydrogens is 278 g/mol. The van der Waals surface area contributed by atoms with Crippen LogP contribution in [0, 0.1) is 6.92 Å². The Morgan fingerprint density at radius 1 is 1.19 bits per heavy atom. The fraction of sp³-hybridized carbons (Fsp3) is 0.353. The van der Waals surface area contributed by atoms with Gasteiger partial charge in [-0.15, -0.1) is 0 Å². The van der Waals surface area contributed by atoms with Crippen molar-refractivity contribution >= 4 is 17.3 Å². The first kappa shape index (κ1) is 15.6. The fourth-order valence-electron chi connectivity index (χ4n) is 2.09. The van der Waals surface area contributed by atoms with Crippen molar-refractivity contribution in [3.63, 3.8) is 0 Å². The maximum atomic E-state index is 4.61. The minimum absolute atomic E-state index is 0.725. The molecule has 4 heteroatoms. The zero-order valence-corrected chi connectivity index (χ0v) is 13.5. The zero-order chi connectivity index (χ0) is 14.9. The van der Waals surface area contributed by atoms with Crippen LogP contribution in [0.5, 0.6) is 0 Å². The number of nitrogens with one attached hydrogen (secondary N) is 2. The third kappa shape index (κ3) is 5.60. The number of nitrogens with zero attached hydrogens (tertiary/aromatic N) is 1. The van der Waals surface area contributed by atoms with Crippen LogP contribution in [0.3, 0.4) is 0 Å². The van der Waals surface area contributed by atoms with E-state index in [-0.39, 0.29) is 0 Å². The molecule has 0 saturated heterocycles. The van der Waals surface area contributed by atoms with E-state index in [1.54, 1.807) is 11.3 Å². The highest BCUT2D eigenvalue weighted by molar-refractivity contribution is 7.07. The van der Waals surface area contributed by atoms with Gasteiger partial charge in [0.15, 0.2) is 5.96 Å². The number of aliphatic imine (C=N–C) groups is 1. The van der Waals surface area contributed by atoms with Gasteiger partial charge in [0.1, 0.15) is 0 Å². The third-order valence-corrected chi connectivity index (χ3v) is 3.86. The van der Waals surface area contributed by atoms with Gasteiger partial charge in [-0.1, -0.05) is 29.8 Å². The van der Waals surface area contributed by atoms with Crippen molar-refractivity contribution in [1.82, 2.24) is 10.6 Å². The minimum atomic E-state index is 0.725. The molecule has 2 N–H and O–H groups in total. The van der Waals surface area contributed by atoms with Crippen LogP contribution in [0.15, 0.2) is 46.1 Å². The van der Waals surface area contributed by atoms with Crippen molar-refractivity contribution in [2.75, 3.05) is 13.1 Å². The summed E-state index contributed by atoms with van der Waals surface area (Å²) in [5.74, 6) is 0.886. The van der Waals surface area contributed by atoms with Gasteiger partial charge in [-0.25, -0.2) is 4.99 Å². The Kier molecular flexibility index (Phi) is 6.28. The van der Waals surface area contributed by atoms with E-state index in [0.717, 1.165) is 32.0 Å². The molecule has 0 aliphatic rings. The van der Waals surface area contributed by atoms with Crippen LogP contribution >= 0.6 is 11.3 Å². The van der Waals surface area contributed by atoms with Crippen molar-refractivity contribution < 1.29 is 0 Å². The molecule has 0 atom stereocenters. The number of guanidine groups is 1. The first-order chi connectivity index (χ1) is 10.3. The Morgan fingerprint density at radius 3 is 2.81 bits per heavy atom. The van der Waals surface area contributed by atoms with Gasteiger partial charge < -0.3 is 10.6 Å². The van der Waals surface area contributed by atoms with Crippen molar-refractivity contribution in [2.45, 2.75) is 26.8 Å². The molecule has 0 bridgehead atoms. The first-order valence-corrected chi connectivity index (χ1v) is 8.31. The molecule has 0 aliphatic carbocycles. The molecule has 0 spiro atoms. The largest absolute Gasteiger partial charge is 0.357 e. The Balaban J connectivity index is 1.83. The number of rotatable bonds is 6. The summed E-state index contributed by atoms with van der Waals surface area (Å²) in [5.41, 5.74) is 3.93. The molecule has 0 unspecified atom stereocenters. The van der Waals surface area contributed by atoms with Gasteiger partial charge in [-0.2, -0.15) is 11.3 Å². The van der Waals surface area contributed by atoms with Gasteiger partial charge in [-0.3, -0.25) is 0 Å². The van der Waals surface area contributed by atoms with E-state index in [4.69, 9.17) is 0 Å². The molecule has 0 fully saturated rings. The van der Waals surface area contributed by atoms with E-state index in [2.05, 4.69) is 70.6 Å². The normalized spacial score (nSPS) is 11.4. The predicted octanol–water partition coefficient (Wildman–Crippen LogP) is 3.35. The lowest BCUT2D eigenvalue weighted by Gasteiger charge is -2.11. The van der Waals surface area contributed by atoms with Crippen LogP contribution in [0.1, 0.15) is 23.6 Å². The summed E-state index contributed by atoms with van der Waals surface area (Å²) in [5, 5.41) is 10.9. The van der Waals surface area contributed by atoms with E-state index in [0.29, 0.717) is 0 Å². The van der Waals surface area contributed by atoms with E-state index in [9.17, 15) is 0 Å². The summed E-state index contributed by atoms with van der Waals surface area (Å²) in [6.07, 6.45) is 1.00. The van der Waals surface area contributed by atoms with Gasteiger partial charge in [0.25, 0.3) is 0 Å². The number of hydrogen-bond acceptors (Lipinski definition) is 2. The fourth-order valence-corrected chi connectivity index (χ4v) is 2.75. The number of thiophene rings is 1. The molecule has 2 aromatic rings. The molecule has 0 amide bonds. The van der Waals surface area contributed by atoms with E-state index in [1.165, 1.54) is 16.7 Å². The monoisotopic (exact) mass is 301 g/mol. The highest BCUT2D eigenvalue weighted by atomic mass is 32.1. The second-order valence-electron chi connectivity index (χ2n) is 4.99. The molecule has 1 aromatic heterocycles. The van der Waals surface area contributed by atoms with Crippen LogP contribution in [0.2, 0.25) is 0 Å². The van der Waals surface area contributed by atoms with Crippen LogP contribution in [0.4, 0.5) is 0 Å². The van der Waals surface area contributed by atoms with Gasteiger partial charge in [0, 0.05) is 13.1 Å². The third-order valence-electron chi connectivity index (χ3n) is 3.13. The predicted molar refractivity (Wildman–Crippen MR) is 92.0 cm³/mol. The van der Waals surface area contributed by atoms with Crippen LogP contribution in [0.25, 0.3) is 0 Å². The number of aryl methyl sites for hydroxylation is 1. The molecule has 0 radical (unpaired) electrons. The molecule has 2 rings (SSSR count). The average Bonchev–Trinajstić information content (AvgIpc) is 2.98. The quantitative estimate of drug-likeness (QED) is 0.634. The Labute approximate surface area is 131 Å². The second-order valence-corrected chi connectivity index (χ2v) is 5.77. The lowest BCUT2D eigenvalue weighted by atomic mass is 10.1. The van der Waals surface area contributed by atoms with Crippen LogP contribution in [-0.4, -0.2) is 19.0 Å². The maximum Gasteiger partial charge on any atom is 0.191 e. The van der Waals surface area contributed by atoms with Gasteiger partial charge in [0.05, 0.1) is 6.54 Å². The van der Waals surface area contributed by atoms with E-state index in [1.807, 2.05) is 0 Å². The lowest BCUT2D eigenvalue weighted by Crippen LogP contribution is -2.38. The molecule has 112 valence electrons. The summed E-state index contributed by atoms with van der Waals surface area (Å²) in [6.45, 7) is 6.70. The highest BCUT2D eigenvalue weighted by Crippen LogP contribution is 2.07. The second kappa shape index (κ2) is 8.47. The van der Waals surface area contributed by atoms with Crippen molar-refractivity contribution in [3.05, 3.63) is 57.8 Å². The molecule has 0 saturated carbocycles. The number of benzene rings is 1. The van der Waals surface area contributed by atoms with E-state index < -0.39 is 0 Å². The summed E-state index contributed by atoms with van der Waals surface area (Å²) in [7, 11) is 0. The molecular formula is C17H23N3S. The molecule has 1 heterocycles. The topological polar surface area (TPSA) is 36.4 Å². The van der Waals surface area contributed by atoms with Crippen LogP contribution in [-0.2, 0) is 13.0 Å². The van der Waals surface area contributed by atoms with E-state index >= 15 is 0 Å². The molecule has 21 heavy (non-hydrogen) atoms. The summed E-state index contributed by atoms with van der Waals surface area (Å²) in [6, 6.07) is 10.8. The minimum Gasteiger partial charge on any atom is -0.357 e. The Morgan fingerprint density at radius 2 is 2.10 bits per heavy atom. The summed E-state index contributed by atoms with van der Waals surface area (Å²) >= 11 is 1.71. The van der Waals surface area contributed by atoms with Gasteiger partial charge in [-0.05, 0) is 48.2 Å². The van der Waals surface area contributed by atoms with Crippen molar-refractivity contribution in [1.29, 1.82) is 0 Å². The molecule has 1 aromatic carbocycles. The van der Waals surface area contributed by atoms with Gasteiger partial charge >= 0.3 is 0 Å². The standard InChI is InChI=1S/C17H23N3S/c1-3-18-17(20-12-16-8-10-21-13-16)19-9-7-15-6-4-5-14(2)11-15/h4-6,8,10-11,13H,3,7,9,12H2,1-2H3,(H2,18,19,20). The SMILES string of the molecule is CCNC(=NCc1ccsc1)NCCc1cccc(C)c1. The average molecular weight is 301 g/mol. The zero-order valence-electron chi connectivity index (χ0n) is 12.7. The summed E-state index contributed by atoms with van der Waals surface area (Å²) < 4.78 is 0. The maximum absolute atomic E-state index is 4.61. The van der Waals surface area contributed by atoms with Gasteiger partial charge in [0.2, 0.25) is 0 Å².